The Kier molecular flexibility index (Phi) is 3.40. The summed E-state index contributed by atoms with van der Waals surface area (Å²) in [6.07, 6.45) is 5.39. The summed E-state index contributed by atoms with van der Waals surface area (Å²) < 4.78 is 1.27. The van der Waals surface area contributed by atoms with Crippen molar-refractivity contribution < 1.29 is 4.79 Å². The minimum atomic E-state index is 0.276. The van der Waals surface area contributed by atoms with E-state index in [9.17, 15) is 4.79 Å². The summed E-state index contributed by atoms with van der Waals surface area (Å²) in [5, 5.41) is 3.37. The van der Waals surface area contributed by atoms with Gasteiger partial charge in [0.15, 0.2) is 5.78 Å². The summed E-state index contributed by atoms with van der Waals surface area (Å²) >= 11 is 3.45. The van der Waals surface area contributed by atoms with Gasteiger partial charge in [-0.3, -0.25) is 4.79 Å². The Hall–Kier alpha value is -1.45. The number of fused-ring (bicyclic) bond motifs is 2. The van der Waals surface area contributed by atoms with Crippen LogP contribution < -0.4 is 0 Å². The van der Waals surface area contributed by atoms with Crippen molar-refractivity contribution >= 4 is 38.5 Å². The number of ketones is 1. The first-order valence-electron chi connectivity index (χ1n) is 7.41. The highest BCUT2D eigenvalue weighted by molar-refractivity contribution is 7.17. The van der Waals surface area contributed by atoms with E-state index in [1.165, 1.54) is 38.9 Å². The quantitative estimate of drug-likeness (QED) is 0.602. The van der Waals surface area contributed by atoms with Crippen LogP contribution in [-0.4, -0.2) is 5.78 Å². The van der Waals surface area contributed by atoms with Crippen molar-refractivity contribution in [3.05, 3.63) is 56.6 Å². The van der Waals surface area contributed by atoms with Gasteiger partial charge in [0, 0.05) is 16.0 Å². The summed E-state index contributed by atoms with van der Waals surface area (Å²) in [5.74, 6) is 0.276. The SMILES string of the molecule is O=C(Cc1csc2ccccc12)c1cc2c(s1)CCCC2. The number of hydrogen-bond acceptors (Lipinski definition) is 3. The van der Waals surface area contributed by atoms with E-state index in [0.717, 1.165) is 17.7 Å². The van der Waals surface area contributed by atoms with Crippen molar-refractivity contribution in [2.45, 2.75) is 32.1 Å². The van der Waals surface area contributed by atoms with Crippen LogP contribution in [0.25, 0.3) is 10.1 Å². The standard InChI is InChI=1S/C18H16OS2/c19-15(18-10-12-5-1-3-7-16(12)21-18)9-13-11-20-17-8-4-2-6-14(13)17/h2,4,6,8,10-11H,1,3,5,7,9H2. The lowest BCUT2D eigenvalue weighted by atomic mass is 9.98. The van der Waals surface area contributed by atoms with Gasteiger partial charge in [0.25, 0.3) is 0 Å². The molecule has 0 N–H and O–H groups in total. The van der Waals surface area contributed by atoms with Gasteiger partial charge in [-0.2, -0.15) is 0 Å². The molecule has 0 saturated carbocycles. The molecule has 0 unspecified atom stereocenters. The second-order valence-electron chi connectivity index (χ2n) is 5.62. The molecule has 1 nitrogen and oxygen atoms in total. The third kappa shape index (κ3) is 2.45. The first-order chi connectivity index (χ1) is 10.3. The smallest absolute Gasteiger partial charge is 0.177 e. The maximum atomic E-state index is 12.6. The Morgan fingerprint density at radius 2 is 2.00 bits per heavy atom. The van der Waals surface area contributed by atoms with Gasteiger partial charge in [-0.15, -0.1) is 22.7 Å². The van der Waals surface area contributed by atoms with E-state index < -0.39 is 0 Å². The van der Waals surface area contributed by atoms with Gasteiger partial charge in [-0.05, 0) is 59.7 Å². The van der Waals surface area contributed by atoms with Crippen LogP contribution in [0.1, 0.15) is 38.5 Å². The van der Waals surface area contributed by atoms with Gasteiger partial charge in [0.1, 0.15) is 0 Å². The summed E-state index contributed by atoms with van der Waals surface area (Å²) in [7, 11) is 0. The number of carbonyl (C=O) groups is 1. The Morgan fingerprint density at radius 3 is 2.90 bits per heavy atom. The van der Waals surface area contributed by atoms with Crippen molar-refractivity contribution in [1.82, 2.24) is 0 Å². The molecule has 0 atom stereocenters. The van der Waals surface area contributed by atoms with E-state index in [-0.39, 0.29) is 5.78 Å². The van der Waals surface area contributed by atoms with Crippen LogP contribution in [0.15, 0.2) is 35.7 Å². The van der Waals surface area contributed by atoms with Crippen molar-refractivity contribution in [3.8, 4) is 0 Å². The number of thiophene rings is 2. The maximum absolute atomic E-state index is 12.6. The summed E-state index contributed by atoms with van der Waals surface area (Å²) in [6, 6.07) is 10.5. The van der Waals surface area contributed by atoms with E-state index in [1.54, 1.807) is 22.7 Å². The van der Waals surface area contributed by atoms with Crippen molar-refractivity contribution in [3.63, 3.8) is 0 Å². The van der Waals surface area contributed by atoms with Gasteiger partial charge in [-0.25, -0.2) is 0 Å². The first kappa shape index (κ1) is 13.2. The zero-order valence-corrected chi connectivity index (χ0v) is 13.4. The molecule has 0 aliphatic heterocycles. The third-order valence-corrected chi connectivity index (χ3v) is 6.47. The van der Waals surface area contributed by atoms with Gasteiger partial charge >= 0.3 is 0 Å². The number of hydrogen-bond donors (Lipinski definition) is 0. The van der Waals surface area contributed by atoms with Gasteiger partial charge in [0.05, 0.1) is 4.88 Å². The summed E-state index contributed by atoms with van der Waals surface area (Å²) in [4.78, 5) is 15.0. The molecule has 3 heteroatoms. The summed E-state index contributed by atoms with van der Waals surface area (Å²) in [5.41, 5.74) is 2.59. The van der Waals surface area contributed by atoms with Gasteiger partial charge < -0.3 is 0 Å². The molecular formula is C18H16OS2. The van der Waals surface area contributed by atoms with Crippen LogP contribution in [-0.2, 0) is 19.3 Å². The lowest BCUT2D eigenvalue weighted by Crippen LogP contribution is -2.00. The highest BCUT2D eigenvalue weighted by Crippen LogP contribution is 2.32. The van der Waals surface area contributed by atoms with Crippen LogP contribution in [0.2, 0.25) is 0 Å². The lowest BCUT2D eigenvalue weighted by molar-refractivity contribution is 0.0997. The molecule has 1 aromatic carbocycles. The molecule has 21 heavy (non-hydrogen) atoms. The molecule has 0 amide bonds. The molecule has 2 aromatic heterocycles. The Labute approximate surface area is 132 Å². The summed E-state index contributed by atoms with van der Waals surface area (Å²) in [6.45, 7) is 0. The molecule has 3 aromatic rings. The Bertz CT molecular complexity index is 786. The first-order valence-corrected chi connectivity index (χ1v) is 9.11. The van der Waals surface area contributed by atoms with E-state index in [4.69, 9.17) is 0 Å². The number of Topliss-reactive ketones (excluding diaryl/α,β-unsaturated/α-hetero) is 1. The van der Waals surface area contributed by atoms with Crippen LogP contribution in [0.5, 0.6) is 0 Å². The van der Waals surface area contributed by atoms with E-state index in [2.05, 4.69) is 29.6 Å². The zero-order chi connectivity index (χ0) is 14.2. The molecule has 0 radical (unpaired) electrons. The van der Waals surface area contributed by atoms with Crippen LogP contribution in [0.4, 0.5) is 0 Å². The number of carbonyl (C=O) groups excluding carboxylic acids is 1. The topological polar surface area (TPSA) is 17.1 Å². The van der Waals surface area contributed by atoms with Gasteiger partial charge in [-0.1, -0.05) is 18.2 Å². The highest BCUT2D eigenvalue weighted by atomic mass is 32.1. The van der Waals surface area contributed by atoms with Gasteiger partial charge in [0.2, 0.25) is 0 Å². The highest BCUT2D eigenvalue weighted by Gasteiger charge is 2.18. The molecule has 2 heterocycles. The average Bonchev–Trinajstić information content (AvgIpc) is 3.11. The molecular weight excluding hydrogens is 296 g/mol. The second kappa shape index (κ2) is 5.39. The van der Waals surface area contributed by atoms with Crippen LogP contribution in [0, 0.1) is 0 Å². The Balaban J connectivity index is 1.62. The number of aryl methyl sites for hydroxylation is 2. The zero-order valence-electron chi connectivity index (χ0n) is 11.7. The predicted molar refractivity (Wildman–Crippen MR) is 90.8 cm³/mol. The molecule has 0 spiro atoms. The number of benzene rings is 1. The maximum Gasteiger partial charge on any atom is 0.177 e. The molecule has 0 bridgehead atoms. The fourth-order valence-corrected chi connectivity index (χ4v) is 5.21. The fourth-order valence-electron chi connectivity index (χ4n) is 3.06. The molecule has 106 valence electrons. The van der Waals surface area contributed by atoms with E-state index in [1.807, 2.05) is 6.07 Å². The van der Waals surface area contributed by atoms with Crippen LogP contribution >= 0.6 is 22.7 Å². The normalized spacial score (nSPS) is 14.3. The van der Waals surface area contributed by atoms with Crippen LogP contribution in [0.3, 0.4) is 0 Å². The second-order valence-corrected chi connectivity index (χ2v) is 7.67. The molecule has 1 aliphatic carbocycles. The molecule has 4 rings (SSSR count). The monoisotopic (exact) mass is 312 g/mol. The molecule has 0 saturated heterocycles. The Morgan fingerprint density at radius 1 is 1.14 bits per heavy atom. The van der Waals surface area contributed by atoms with Crippen molar-refractivity contribution in [2.75, 3.05) is 0 Å². The largest absolute Gasteiger partial charge is 0.293 e. The average molecular weight is 312 g/mol. The predicted octanol–water partition coefficient (Wildman–Crippen LogP) is 5.27. The van der Waals surface area contributed by atoms with Crippen molar-refractivity contribution in [1.29, 1.82) is 0 Å². The van der Waals surface area contributed by atoms with E-state index >= 15 is 0 Å². The minimum absolute atomic E-state index is 0.276. The molecule has 0 fully saturated rings. The lowest BCUT2D eigenvalue weighted by Gasteiger charge is -2.08. The minimum Gasteiger partial charge on any atom is -0.293 e. The third-order valence-electron chi connectivity index (χ3n) is 4.18. The fraction of sp³-hybridized carbons (Fsp3) is 0.278. The number of rotatable bonds is 3. The van der Waals surface area contributed by atoms with E-state index in [0.29, 0.717) is 6.42 Å². The van der Waals surface area contributed by atoms with Crippen molar-refractivity contribution in [2.24, 2.45) is 0 Å². The molecule has 1 aliphatic rings.